The van der Waals surface area contributed by atoms with E-state index in [1.807, 2.05) is 85.8 Å². The Morgan fingerprint density at radius 2 is 1.22 bits per heavy atom. The summed E-state index contributed by atoms with van der Waals surface area (Å²) in [5, 5.41) is 11.7. The van der Waals surface area contributed by atoms with Crippen molar-refractivity contribution in [2.24, 2.45) is 0 Å². The molecule has 0 aliphatic carbocycles. The predicted octanol–water partition coefficient (Wildman–Crippen LogP) is 4.77. The standard InChI is InChI=1S/C24H27O2P/c1-20(25)24(2,19-18-21-12-6-3-7-13-21)27(26,22-14-8-4-9-15-22)23-16-10-5-11-17-23/h3-17,20,25H,18-19H2,1-2H3/t20-,24-/m0/s1. The lowest BCUT2D eigenvalue weighted by Crippen LogP contribution is -2.44. The molecule has 140 valence electrons. The molecule has 0 unspecified atom stereocenters. The molecule has 2 atom stereocenters. The second kappa shape index (κ2) is 8.25. The van der Waals surface area contributed by atoms with Crippen LogP contribution in [0.25, 0.3) is 0 Å². The molecule has 0 aliphatic rings. The molecule has 0 aliphatic heterocycles. The molecule has 0 heterocycles. The minimum Gasteiger partial charge on any atom is -0.392 e. The highest BCUT2D eigenvalue weighted by atomic mass is 31.2. The van der Waals surface area contributed by atoms with Crippen LogP contribution in [0.1, 0.15) is 25.8 Å². The van der Waals surface area contributed by atoms with Gasteiger partial charge in [0.25, 0.3) is 0 Å². The first-order valence-electron chi connectivity index (χ1n) is 9.42. The van der Waals surface area contributed by atoms with Crippen LogP contribution in [0.5, 0.6) is 0 Å². The maximum absolute atomic E-state index is 14.7. The van der Waals surface area contributed by atoms with Crippen LogP contribution in [-0.4, -0.2) is 16.4 Å². The van der Waals surface area contributed by atoms with E-state index >= 15 is 0 Å². The summed E-state index contributed by atoms with van der Waals surface area (Å²) >= 11 is 0. The molecule has 3 heteroatoms. The molecule has 0 aromatic heterocycles. The smallest absolute Gasteiger partial charge is 0.151 e. The fourth-order valence-electron chi connectivity index (χ4n) is 3.69. The Morgan fingerprint density at radius 3 is 1.63 bits per heavy atom. The molecule has 0 radical (unpaired) electrons. The van der Waals surface area contributed by atoms with Crippen LogP contribution in [0.15, 0.2) is 91.0 Å². The third kappa shape index (κ3) is 3.78. The van der Waals surface area contributed by atoms with Gasteiger partial charge < -0.3 is 9.67 Å². The van der Waals surface area contributed by atoms with Crippen molar-refractivity contribution in [1.82, 2.24) is 0 Å². The third-order valence-corrected chi connectivity index (χ3v) is 9.71. The van der Waals surface area contributed by atoms with Crippen LogP contribution in [0.3, 0.4) is 0 Å². The van der Waals surface area contributed by atoms with E-state index in [-0.39, 0.29) is 0 Å². The lowest BCUT2D eigenvalue weighted by Gasteiger charge is -2.41. The molecule has 0 bridgehead atoms. The van der Waals surface area contributed by atoms with Crippen LogP contribution < -0.4 is 10.6 Å². The van der Waals surface area contributed by atoms with Crippen molar-refractivity contribution in [1.29, 1.82) is 0 Å². The van der Waals surface area contributed by atoms with Gasteiger partial charge in [0.15, 0.2) is 7.14 Å². The summed E-state index contributed by atoms with van der Waals surface area (Å²) in [6, 6.07) is 29.5. The predicted molar refractivity (Wildman–Crippen MR) is 115 cm³/mol. The lowest BCUT2D eigenvalue weighted by molar-refractivity contribution is 0.144. The van der Waals surface area contributed by atoms with E-state index in [9.17, 15) is 9.67 Å². The van der Waals surface area contributed by atoms with E-state index in [1.54, 1.807) is 6.92 Å². The molecule has 0 saturated heterocycles. The molecule has 3 aromatic carbocycles. The molecule has 0 fully saturated rings. The molecule has 3 rings (SSSR count). The van der Waals surface area contributed by atoms with E-state index in [0.717, 1.165) is 17.0 Å². The van der Waals surface area contributed by atoms with Gasteiger partial charge >= 0.3 is 0 Å². The molecular weight excluding hydrogens is 351 g/mol. The minimum absolute atomic E-state index is 0.635. The second-order valence-corrected chi connectivity index (χ2v) is 10.6. The van der Waals surface area contributed by atoms with Gasteiger partial charge in [-0.15, -0.1) is 0 Å². The zero-order chi connectivity index (χ0) is 19.3. The van der Waals surface area contributed by atoms with Gasteiger partial charge in [-0.05, 0) is 32.3 Å². The number of aliphatic hydroxyl groups is 1. The Bertz CT molecular complexity index is 848. The minimum atomic E-state index is -3.09. The van der Waals surface area contributed by atoms with E-state index < -0.39 is 18.4 Å². The maximum atomic E-state index is 14.7. The summed E-state index contributed by atoms with van der Waals surface area (Å²) in [6.07, 6.45) is 0.689. The molecule has 2 nitrogen and oxygen atoms in total. The summed E-state index contributed by atoms with van der Waals surface area (Å²) < 4.78 is 14.7. The molecule has 27 heavy (non-hydrogen) atoms. The molecular formula is C24H27O2P. The summed E-state index contributed by atoms with van der Waals surface area (Å²) in [6.45, 7) is 3.74. The van der Waals surface area contributed by atoms with Crippen molar-refractivity contribution in [3.8, 4) is 0 Å². The zero-order valence-electron chi connectivity index (χ0n) is 16.0. The number of hydrogen-bond donors (Lipinski definition) is 1. The largest absolute Gasteiger partial charge is 0.392 e. The van der Waals surface area contributed by atoms with Gasteiger partial charge in [0.1, 0.15) is 0 Å². The van der Waals surface area contributed by atoms with Crippen molar-refractivity contribution < 1.29 is 9.67 Å². The van der Waals surface area contributed by atoms with E-state index in [1.165, 1.54) is 5.56 Å². The van der Waals surface area contributed by atoms with Crippen molar-refractivity contribution in [3.05, 3.63) is 96.6 Å². The Kier molecular flexibility index (Phi) is 5.99. The van der Waals surface area contributed by atoms with E-state index in [0.29, 0.717) is 6.42 Å². The monoisotopic (exact) mass is 378 g/mol. The third-order valence-electron chi connectivity index (χ3n) is 5.62. The molecule has 0 saturated carbocycles. The number of aryl methyl sites for hydroxylation is 1. The van der Waals surface area contributed by atoms with Gasteiger partial charge in [-0.25, -0.2) is 0 Å². The number of hydrogen-bond acceptors (Lipinski definition) is 2. The van der Waals surface area contributed by atoms with Crippen LogP contribution in [0, 0.1) is 0 Å². The van der Waals surface area contributed by atoms with Crippen molar-refractivity contribution in [3.63, 3.8) is 0 Å². The van der Waals surface area contributed by atoms with E-state index in [2.05, 4.69) is 12.1 Å². The highest BCUT2D eigenvalue weighted by Crippen LogP contribution is 2.59. The first kappa shape index (κ1) is 19.6. The van der Waals surface area contributed by atoms with Gasteiger partial charge in [-0.1, -0.05) is 91.0 Å². The first-order valence-corrected chi connectivity index (χ1v) is 11.1. The van der Waals surface area contributed by atoms with Crippen molar-refractivity contribution >= 4 is 17.8 Å². The average Bonchev–Trinajstić information content (AvgIpc) is 2.73. The van der Waals surface area contributed by atoms with Gasteiger partial charge in [0, 0.05) is 10.6 Å². The molecule has 3 aromatic rings. The van der Waals surface area contributed by atoms with Crippen molar-refractivity contribution in [2.45, 2.75) is 37.9 Å². The lowest BCUT2D eigenvalue weighted by atomic mass is 9.96. The normalized spacial score (nSPS) is 15.1. The maximum Gasteiger partial charge on any atom is 0.151 e. The van der Waals surface area contributed by atoms with Crippen LogP contribution >= 0.6 is 7.14 Å². The quantitative estimate of drug-likeness (QED) is 0.601. The van der Waals surface area contributed by atoms with Gasteiger partial charge in [-0.3, -0.25) is 0 Å². The highest BCUT2D eigenvalue weighted by molar-refractivity contribution is 7.80. The first-order chi connectivity index (χ1) is 13.0. The van der Waals surface area contributed by atoms with Crippen molar-refractivity contribution in [2.75, 3.05) is 0 Å². The number of benzene rings is 3. The Morgan fingerprint density at radius 1 is 0.815 bits per heavy atom. The van der Waals surface area contributed by atoms with Crippen LogP contribution in [0.2, 0.25) is 0 Å². The SMILES string of the molecule is C[C@H](O)[C@](C)(CCc1ccccc1)P(=O)(c1ccccc1)c1ccccc1. The molecule has 1 N–H and O–H groups in total. The summed E-state index contributed by atoms with van der Waals surface area (Å²) in [5.74, 6) is 0. The van der Waals surface area contributed by atoms with Gasteiger partial charge in [-0.2, -0.15) is 0 Å². The number of rotatable bonds is 7. The summed E-state index contributed by atoms with van der Waals surface area (Å²) in [7, 11) is -3.09. The molecule has 0 amide bonds. The second-order valence-electron chi connectivity index (χ2n) is 7.30. The number of aliphatic hydroxyl groups excluding tert-OH is 1. The molecule has 0 spiro atoms. The Hall–Kier alpha value is -2.15. The Balaban J connectivity index is 2.11. The average molecular weight is 378 g/mol. The van der Waals surface area contributed by atoms with Gasteiger partial charge in [0.2, 0.25) is 0 Å². The highest BCUT2D eigenvalue weighted by Gasteiger charge is 2.49. The summed E-state index contributed by atoms with van der Waals surface area (Å²) in [5.41, 5.74) is 1.19. The summed E-state index contributed by atoms with van der Waals surface area (Å²) in [4.78, 5) is 0. The topological polar surface area (TPSA) is 37.3 Å². The van der Waals surface area contributed by atoms with Gasteiger partial charge in [0.05, 0.1) is 11.3 Å². The van der Waals surface area contributed by atoms with Crippen LogP contribution in [-0.2, 0) is 11.0 Å². The van der Waals surface area contributed by atoms with E-state index in [4.69, 9.17) is 0 Å². The Labute approximate surface area is 162 Å². The fraction of sp³-hybridized carbons (Fsp3) is 0.250. The zero-order valence-corrected chi connectivity index (χ0v) is 16.8. The van der Waals surface area contributed by atoms with Crippen LogP contribution in [0.4, 0.5) is 0 Å². The fourth-order valence-corrected chi connectivity index (χ4v) is 7.30.